The van der Waals surface area contributed by atoms with Gasteiger partial charge in [-0.05, 0) is 13.8 Å². The lowest BCUT2D eigenvalue weighted by Crippen LogP contribution is -2.16. The van der Waals surface area contributed by atoms with Crippen molar-refractivity contribution < 1.29 is 38.9 Å². The average Bonchev–Trinajstić information content (AvgIpc) is 2.44. The molecule has 0 fully saturated rings. The molecule has 0 saturated heterocycles. The minimum absolute atomic E-state index is 0.0359. The molecular weight excluding hydrogens is 324 g/mol. The van der Waals surface area contributed by atoms with Crippen molar-refractivity contribution in [3.63, 3.8) is 0 Å². The average molecular weight is 346 g/mol. The molecule has 10 heteroatoms. The Labute approximate surface area is 138 Å². The molecule has 0 radical (unpaired) electrons. The van der Waals surface area contributed by atoms with Gasteiger partial charge in [0.25, 0.3) is 0 Å². The predicted molar refractivity (Wildman–Crippen MR) is 83.1 cm³/mol. The molecule has 0 aliphatic carbocycles. The number of carbonyl (C=O) groups is 4. The molecule has 0 aliphatic rings. The SMILES string of the molecule is C=C(C)C(=O)O.CC(C(=O)O)=C(CCOC(N)=O)CCOC(N)=O. The fraction of sp³-hybridized carbons (Fsp3) is 0.429. The topological polar surface area (TPSA) is 179 Å². The molecule has 10 nitrogen and oxygen atoms in total. The van der Waals surface area contributed by atoms with Gasteiger partial charge in [0, 0.05) is 24.0 Å². The summed E-state index contributed by atoms with van der Waals surface area (Å²) in [6.45, 7) is 5.94. The van der Waals surface area contributed by atoms with Crippen LogP contribution in [0.5, 0.6) is 0 Å². The first kappa shape index (κ1) is 23.2. The van der Waals surface area contributed by atoms with Crippen LogP contribution in [0.4, 0.5) is 9.59 Å². The molecule has 0 aromatic carbocycles. The first-order chi connectivity index (χ1) is 11.0. The van der Waals surface area contributed by atoms with Crippen molar-refractivity contribution in [1.82, 2.24) is 0 Å². The van der Waals surface area contributed by atoms with Gasteiger partial charge in [0.2, 0.25) is 0 Å². The van der Waals surface area contributed by atoms with Gasteiger partial charge in [-0.1, -0.05) is 12.2 Å². The standard InChI is InChI=1S/C10H16N2O6.C4H6O2/c1-6(8(13)14)7(2-4-17-9(11)15)3-5-18-10(12)16;1-3(2)4(5)6/h2-5H2,1H3,(H2,11,15)(H2,12,16)(H,13,14);1H2,2H3,(H,5,6). The van der Waals surface area contributed by atoms with Crippen molar-refractivity contribution in [2.75, 3.05) is 13.2 Å². The van der Waals surface area contributed by atoms with Gasteiger partial charge >= 0.3 is 24.1 Å². The summed E-state index contributed by atoms with van der Waals surface area (Å²) in [4.78, 5) is 41.2. The lowest BCUT2D eigenvalue weighted by Gasteiger charge is -2.10. The number of hydrogen-bond acceptors (Lipinski definition) is 6. The Morgan fingerprint density at radius 1 is 0.875 bits per heavy atom. The molecule has 24 heavy (non-hydrogen) atoms. The third-order valence-electron chi connectivity index (χ3n) is 2.51. The van der Waals surface area contributed by atoms with E-state index in [2.05, 4.69) is 16.1 Å². The van der Waals surface area contributed by atoms with Crippen molar-refractivity contribution in [2.24, 2.45) is 11.5 Å². The number of primary amides is 2. The van der Waals surface area contributed by atoms with E-state index in [4.69, 9.17) is 21.7 Å². The summed E-state index contributed by atoms with van der Waals surface area (Å²) in [7, 11) is 0. The number of amides is 2. The zero-order valence-corrected chi connectivity index (χ0v) is 13.5. The quantitative estimate of drug-likeness (QED) is 0.470. The van der Waals surface area contributed by atoms with Crippen LogP contribution >= 0.6 is 0 Å². The van der Waals surface area contributed by atoms with E-state index in [1.807, 2.05) is 0 Å². The fourth-order valence-electron chi connectivity index (χ4n) is 1.20. The zero-order chi connectivity index (χ0) is 19.3. The van der Waals surface area contributed by atoms with E-state index in [1.165, 1.54) is 13.8 Å². The molecule has 0 aromatic rings. The first-order valence-electron chi connectivity index (χ1n) is 6.64. The van der Waals surface area contributed by atoms with E-state index in [0.29, 0.717) is 5.57 Å². The van der Waals surface area contributed by atoms with Crippen LogP contribution in [0, 0.1) is 0 Å². The summed E-state index contributed by atoms with van der Waals surface area (Å²) in [6, 6.07) is 0. The van der Waals surface area contributed by atoms with Gasteiger partial charge in [-0.2, -0.15) is 0 Å². The summed E-state index contributed by atoms with van der Waals surface area (Å²) in [6.07, 6.45) is -1.47. The summed E-state index contributed by atoms with van der Waals surface area (Å²) >= 11 is 0. The van der Waals surface area contributed by atoms with Gasteiger partial charge in [0.05, 0.1) is 13.2 Å². The molecule has 6 N–H and O–H groups in total. The molecular formula is C14H22N2O8. The lowest BCUT2D eigenvalue weighted by molar-refractivity contribution is -0.133. The molecule has 0 aliphatic heterocycles. The van der Waals surface area contributed by atoms with Gasteiger partial charge in [-0.15, -0.1) is 0 Å². The minimum atomic E-state index is -1.09. The summed E-state index contributed by atoms with van der Waals surface area (Å²) in [5.74, 6) is -2.03. The van der Waals surface area contributed by atoms with E-state index in [1.54, 1.807) is 0 Å². The largest absolute Gasteiger partial charge is 0.478 e. The lowest BCUT2D eigenvalue weighted by atomic mass is 10.0. The number of ether oxygens (including phenoxy) is 2. The number of aliphatic carboxylic acids is 2. The molecule has 0 bridgehead atoms. The zero-order valence-electron chi connectivity index (χ0n) is 13.5. The highest BCUT2D eigenvalue weighted by Gasteiger charge is 2.11. The number of carbonyl (C=O) groups excluding carboxylic acids is 2. The number of nitrogens with two attached hydrogens (primary N) is 2. The molecule has 2 amide bonds. The fourth-order valence-corrected chi connectivity index (χ4v) is 1.20. The van der Waals surface area contributed by atoms with Crippen LogP contribution in [0.3, 0.4) is 0 Å². The Balaban J connectivity index is 0. The molecule has 0 atom stereocenters. The maximum Gasteiger partial charge on any atom is 0.404 e. The highest BCUT2D eigenvalue weighted by atomic mass is 16.5. The number of carboxylic acids is 2. The molecule has 136 valence electrons. The Bertz CT molecular complexity index is 491. The van der Waals surface area contributed by atoms with Crippen LogP contribution in [0.15, 0.2) is 23.3 Å². The second-order valence-electron chi connectivity index (χ2n) is 4.45. The highest BCUT2D eigenvalue weighted by Crippen LogP contribution is 2.14. The molecule has 0 saturated carbocycles. The van der Waals surface area contributed by atoms with Gasteiger partial charge in [0.1, 0.15) is 0 Å². The van der Waals surface area contributed by atoms with E-state index in [-0.39, 0.29) is 37.2 Å². The minimum Gasteiger partial charge on any atom is -0.478 e. The van der Waals surface area contributed by atoms with Gasteiger partial charge in [0.15, 0.2) is 0 Å². The Kier molecular flexibility index (Phi) is 12.1. The predicted octanol–water partition coefficient (Wildman–Crippen LogP) is 1.01. The molecule has 0 unspecified atom stereocenters. The van der Waals surface area contributed by atoms with E-state index in [9.17, 15) is 19.2 Å². The maximum absolute atomic E-state index is 10.8. The van der Waals surface area contributed by atoms with Gasteiger partial charge in [-0.25, -0.2) is 19.2 Å². The Morgan fingerprint density at radius 2 is 1.21 bits per heavy atom. The van der Waals surface area contributed by atoms with Crippen molar-refractivity contribution in [2.45, 2.75) is 26.7 Å². The van der Waals surface area contributed by atoms with Crippen molar-refractivity contribution in [1.29, 1.82) is 0 Å². The van der Waals surface area contributed by atoms with Crippen LogP contribution in [0.2, 0.25) is 0 Å². The summed E-state index contributed by atoms with van der Waals surface area (Å²) in [5, 5.41) is 16.7. The number of carboxylic acid groups (broad SMARTS) is 2. The monoisotopic (exact) mass is 346 g/mol. The van der Waals surface area contributed by atoms with Crippen LogP contribution in [-0.4, -0.2) is 47.6 Å². The first-order valence-corrected chi connectivity index (χ1v) is 6.64. The van der Waals surface area contributed by atoms with Crippen LogP contribution < -0.4 is 11.5 Å². The third kappa shape index (κ3) is 13.9. The van der Waals surface area contributed by atoms with Crippen molar-refractivity contribution in [3.8, 4) is 0 Å². The number of rotatable bonds is 8. The second-order valence-corrected chi connectivity index (χ2v) is 4.45. The maximum atomic E-state index is 10.8. The summed E-state index contributed by atoms with van der Waals surface area (Å²) < 4.78 is 9.02. The van der Waals surface area contributed by atoms with E-state index >= 15 is 0 Å². The molecule has 0 rings (SSSR count). The van der Waals surface area contributed by atoms with Gasteiger partial charge in [-0.3, -0.25) is 0 Å². The normalized spacial score (nSPS) is 8.92. The number of hydrogen-bond donors (Lipinski definition) is 4. The third-order valence-corrected chi connectivity index (χ3v) is 2.51. The molecule has 0 spiro atoms. The van der Waals surface area contributed by atoms with E-state index < -0.39 is 24.1 Å². The van der Waals surface area contributed by atoms with Crippen molar-refractivity contribution >= 4 is 24.1 Å². The van der Waals surface area contributed by atoms with Crippen LogP contribution in [0.1, 0.15) is 26.7 Å². The Hall–Kier alpha value is -3.04. The van der Waals surface area contributed by atoms with Crippen LogP contribution in [-0.2, 0) is 19.1 Å². The van der Waals surface area contributed by atoms with Gasteiger partial charge < -0.3 is 31.2 Å². The Morgan fingerprint density at radius 3 is 1.42 bits per heavy atom. The van der Waals surface area contributed by atoms with E-state index in [0.717, 1.165) is 0 Å². The second kappa shape index (κ2) is 12.5. The summed E-state index contributed by atoms with van der Waals surface area (Å²) in [5.41, 5.74) is 10.3. The smallest absolute Gasteiger partial charge is 0.404 e. The highest BCUT2D eigenvalue weighted by molar-refractivity contribution is 5.86. The molecule has 0 aromatic heterocycles. The molecule has 0 heterocycles. The van der Waals surface area contributed by atoms with Crippen LogP contribution in [0.25, 0.3) is 0 Å². The van der Waals surface area contributed by atoms with Crippen molar-refractivity contribution in [3.05, 3.63) is 23.3 Å².